The lowest BCUT2D eigenvalue weighted by atomic mass is 10.2. The van der Waals surface area contributed by atoms with Gasteiger partial charge in [-0.1, -0.05) is 11.6 Å². The summed E-state index contributed by atoms with van der Waals surface area (Å²) in [5, 5.41) is 9.03. The molecule has 0 aromatic heterocycles. The second kappa shape index (κ2) is 8.03. The van der Waals surface area contributed by atoms with Crippen molar-refractivity contribution in [3.8, 4) is 5.75 Å². The Morgan fingerprint density at radius 1 is 1.28 bits per heavy atom. The van der Waals surface area contributed by atoms with Crippen molar-refractivity contribution in [2.24, 2.45) is 0 Å². The molecule has 10 heteroatoms. The van der Waals surface area contributed by atoms with E-state index >= 15 is 0 Å². The van der Waals surface area contributed by atoms with Crippen LogP contribution >= 0.6 is 11.6 Å². The van der Waals surface area contributed by atoms with Gasteiger partial charge in [0.1, 0.15) is 11.4 Å². The summed E-state index contributed by atoms with van der Waals surface area (Å²) in [6, 6.07) is 1.82. The summed E-state index contributed by atoms with van der Waals surface area (Å²) in [5.74, 6) is -1.98. The minimum atomic E-state index is -4.27. The fourth-order valence-corrected chi connectivity index (χ4v) is 4.25. The van der Waals surface area contributed by atoms with Crippen molar-refractivity contribution in [2.45, 2.75) is 24.8 Å². The van der Waals surface area contributed by atoms with Crippen LogP contribution in [0.3, 0.4) is 0 Å². The van der Waals surface area contributed by atoms with Crippen molar-refractivity contribution in [1.29, 1.82) is 0 Å². The summed E-state index contributed by atoms with van der Waals surface area (Å²) in [6.45, 7) is 2.36. The lowest BCUT2D eigenvalue weighted by molar-refractivity contribution is -0.137. The van der Waals surface area contributed by atoms with Gasteiger partial charge in [-0.25, -0.2) is 8.42 Å². The Balaban J connectivity index is 3.69. The number of nitrogens with zero attached hydrogens (tertiary/aromatic N) is 2. The molecule has 8 nitrogen and oxygen atoms in total. The number of carbonyl (C=O) groups is 2. The molecule has 0 atom stereocenters. The van der Waals surface area contributed by atoms with Gasteiger partial charge in [-0.3, -0.25) is 9.59 Å². The maximum Gasteiger partial charge on any atom is 0.318 e. The number of hydrogen-bond acceptors (Lipinski definition) is 5. The summed E-state index contributed by atoms with van der Waals surface area (Å²) < 4.78 is 31.9. The van der Waals surface area contributed by atoms with Crippen LogP contribution in [0.15, 0.2) is 17.0 Å². The number of benzene rings is 1. The summed E-state index contributed by atoms with van der Waals surface area (Å²) in [4.78, 5) is 24.3. The van der Waals surface area contributed by atoms with E-state index in [9.17, 15) is 18.0 Å². The summed E-state index contributed by atoms with van der Waals surface area (Å²) in [5.41, 5.74) is -0.0300. The molecular formula is C15H21ClN2O6S. The number of hydrogen-bond donors (Lipinski definition) is 1. The molecule has 0 unspecified atom stereocenters. The third-order valence-electron chi connectivity index (χ3n) is 3.31. The van der Waals surface area contributed by atoms with Crippen LogP contribution < -0.4 is 4.74 Å². The molecule has 1 N–H and O–H groups in total. The number of amides is 1. The molecule has 0 spiro atoms. The predicted octanol–water partition coefficient (Wildman–Crippen LogP) is 1.53. The van der Waals surface area contributed by atoms with E-state index in [0.717, 1.165) is 10.4 Å². The van der Waals surface area contributed by atoms with Gasteiger partial charge in [0.25, 0.3) is 5.91 Å². The monoisotopic (exact) mass is 392 g/mol. The molecule has 0 fully saturated rings. The van der Waals surface area contributed by atoms with Crippen molar-refractivity contribution in [3.63, 3.8) is 0 Å². The van der Waals surface area contributed by atoms with Crippen molar-refractivity contribution < 1.29 is 27.9 Å². The molecule has 0 saturated carbocycles. The van der Waals surface area contributed by atoms with Crippen LogP contribution in [0.4, 0.5) is 0 Å². The Kier molecular flexibility index (Phi) is 6.81. The normalized spacial score (nSPS) is 11.7. The van der Waals surface area contributed by atoms with Crippen LogP contribution in [0, 0.1) is 0 Å². The van der Waals surface area contributed by atoms with Crippen LogP contribution in [0.5, 0.6) is 5.75 Å². The molecule has 1 amide bonds. The van der Waals surface area contributed by atoms with Crippen molar-refractivity contribution >= 4 is 33.5 Å². The van der Waals surface area contributed by atoms with Gasteiger partial charge >= 0.3 is 5.97 Å². The van der Waals surface area contributed by atoms with Crippen LogP contribution in [0.1, 0.15) is 24.2 Å². The second-order valence-corrected chi connectivity index (χ2v) is 8.02. The molecule has 25 heavy (non-hydrogen) atoms. The highest BCUT2D eigenvalue weighted by Gasteiger charge is 2.34. The van der Waals surface area contributed by atoms with Gasteiger partial charge in [-0.15, -0.1) is 0 Å². The van der Waals surface area contributed by atoms with E-state index < -0.39 is 34.5 Å². The zero-order valence-electron chi connectivity index (χ0n) is 14.6. The SMILES string of the molecule is COc1c(C(=O)N(C)C)cc(Cl)cc1S(=O)(=O)N(CC(=O)O)C(C)C. The standard InChI is InChI=1S/C15H21ClN2O6S/c1-9(2)18(8-13(19)20)25(22,23)12-7-10(16)6-11(14(12)24-5)15(21)17(3)4/h6-7,9H,8H2,1-5H3,(H,19,20). The average molecular weight is 393 g/mol. The Morgan fingerprint density at radius 3 is 2.24 bits per heavy atom. The molecule has 1 aromatic carbocycles. The van der Waals surface area contributed by atoms with Crippen molar-refractivity contribution in [2.75, 3.05) is 27.7 Å². The van der Waals surface area contributed by atoms with Gasteiger partial charge in [0.2, 0.25) is 10.0 Å². The Bertz CT molecular complexity index is 776. The van der Waals surface area contributed by atoms with Gasteiger partial charge in [0.15, 0.2) is 5.75 Å². The largest absolute Gasteiger partial charge is 0.494 e. The van der Waals surface area contributed by atoms with Gasteiger partial charge in [-0.05, 0) is 26.0 Å². The number of methoxy groups -OCH3 is 1. The van der Waals surface area contributed by atoms with E-state index in [1.807, 2.05) is 0 Å². The molecule has 140 valence electrons. The number of carbonyl (C=O) groups excluding carboxylic acids is 1. The number of rotatable bonds is 7. The number of aliphatic carboxylic acids is 1. The van der Waals surface area contributed by atoms with E-state index in [1.165, 1.54) is 32.2 Å². The molecule has 0 aliphatic heterocycles. The molecule has 0 saturated heterocycles. The molecule has 0 aliphatic rings. The van der Waals surface area contributed by atoms with E-state index in [0.29, 0.717) is 0 Å². The zero-order valence-corrected chi connectivity index (χ0v) is 16.2. The first-order chi connectivity index (χ1) is 11.4. The van der Waals surface area contributed by atoms with Crippen LogP contribution in [0.25, 0.3) is 0 Å². The van der Waals surface area contributed by atoms with Crippen LogP contribution in [-0.2, 0) is 14.8 Å². The van der Waals surface area contributed by atoms with E-state index in [-0.39, 0.29) is 21.2 Å². The fraction of sp³-hybridized carbons (Fsp3) is 0.467. The first-order valence-corrected chi connectivity index (χ1v) is 9.08. The number of halogens is 1. The van der Waals surface area contributed by atoms with Crippen LogP contribution in [-0.4, -0.2) is 68.4 Å². The fourth-order valence-electron chi connectivity index (χ4n) is 2.18. The molecule has 0 heterocycles. The zero-order chi connectivity index (χ0) is 19.5. The highest BCUT2D eigenvalue weighted by atomic mass is 35.5. The minimum Gasteiger partial charge on any atom is -0.494 e. The Morgan fingerprint density at radius 2 is 1.84 bits per heavy atom. The van der Waals surface area contributed by atoms with Gasteiger partial charge < -0.3 is 14.7 Å². The lowest BCUT2D eigenvalue weighted by Crippen LogP contribution is -2.40. The predicted molar refractivity (Wildman–Crippen MR) is 92.7 cm³/mol. The van der Waals surface area contributed by atoms with Crippen molar-refractivity contribution in [1.82, 2.24) is 9.21 Å². The van der Waals surface area contributed by atoms with Crippen LogP contribution in [0.2, 0.25) is 5.02 Å². The lowest BCUT2D eigenvalue weighted by Gasteiger charge is -2.26. The van der Waals surface area contributed by atoms with Crippen molar-refractivity contribution in [3.05, 3.63) is 22.7 Å². The molecule has 0 bridgehead atoms. The van der Waals surface area contributed by atoms with E-state index in [2.05, 4.69) is 0 Å². The number of ether oxygens (including phenoxy) is 1. The molecule has 0 radical (unpaired) electrons. The number of carboxylic acids is 1. The molecule has 1 aromatic rings. The summed E-state index contributed by atoms with van der Waals surface area (Å²) in [6.07, 6.45) is 0. The highest BCUT2D eigenvalue weighted by molar-refractivity contribution is 7.89. The van der Waals surface area contributed by atoms with Gasteiger partial charge in [0, 0.05) is 25.2 Å². The molecule has 1 rings (SSSR count). The summed E-state index contributed by atoms with van der Waals surface area (Å²) in [7, 11) is -0.0389. The second-order valence-electron chi connectivity index (χ2n) is 5.72. The first kappa shape index (κ1) is 21.2. The minimum absolute atomic E-state index is 0.0172. The van der Waals surface area contributed by atoms with E-state index in [4.69, 9.17) is 21.4 Å². The quantitative estimate of drug-likeness (QED) is 0.754. The Labute approximate surface area is 152 Å². The molecule has 0 aliphatic carbocycles. The number of sulfonamides is 1. The van der Waals surface area contributed by atoms with E-state index in [1.54, 1.807) is 13.8 Å². The topological polar surface area (TPSA) is 104 Å². The average Bonchev–Trinajstić information content (AvgIpc) is 2.50. The van der Waals surface area contributed by atoms with Gasteiger partial charge in [0.05, 0.1) is 12.7 Å². The maximum atomic E-state index is 13.0. The Hall–Kier alpha value is -1.84. The highest BCUT2D eigenvalue weighted by Crippen LogP contribution is 2.34. The van der Waals surface area contributed by atoms with Gasteiger partial charge in [-0.2, -0.15) is 4.31 Å². The third-order valence-corrected chi connectivity index (χ3v) is 5.56. The third kappa shape index (κ3) is 4.62. The summed E-state index contributed by atoms with van der Waals surface area (Å²) >= 11 is 6.00. The molecular weight excluding hydrogens is 372 g/mol. The first-order valence-electron chi connectivity index (χ1n) is 7.26. The maximum absolute atomic E-state index is 13.0. The smallest absolute Gasteiger partial charge is 0.318 e. The number of carboxylic acid groups (broad SMARTS) is 1.